The molecule has 0 atom stereocenters. The molecule has 0 aliphatic rings. The lowest BCUT2D eigenvalue weighted by Gasteiger charge is -2.11. The Balaban J connectivity index is 1.92. The van der Waals surface area contributed by atoms with Crippen LogP contribution in [-0.2, 0) is 0 Å². The van der Waals surface area contributed by atoms with Gasteiger partial charge in [0.05, 0.1) is 33.8 Å². The molecule has 1 heterocycles. The largest absolute Gasteiger partial charge is 0.354 e. The van der Waals surface area contributed by atoms with Crippen molar-refractivity contribution < 1.29 is 17.6 Å². The zero-order chi connectivity index (χ0) is 22.3. The number of alkyl halides is 2. The van der Waals surface area contributed by atoms with E-state index in [-0.39, 0.29) is 32.7 Å². The van der Waals surface area contributed by atoms with Crippen molar-refractivity contribution in [2.24, 2.45) is 0 Å². The van der Waals surface area contributed by atoms with Gasteiger partial charge in [0, 0.05) is 22.2 Å². The molecule has 8 heteroatoms. The van der Waals surface area contributed by atoms with Crippen LogP contribution in [0.2, 0.25) is 5.02 Å². The Kier molecular flexibility index (Phi) is 5.25. The zero-order valence-corrected chi connectivity index (χ0v) is 16.3. The van der Waals surface area contributed by atoms with Crippen LogP contribution in [0.25, 0.3) is 33.3 Å². The molecule has 154 valence electrons. The topological polar surface area (TPSA) is 56.6 Å². The van der Waals surface area contributed by atoms with E-state index in [2.05, 4.69) is 4.98 Å². The monoisotopic (exact) mass is 442 g/mol. The number of halogens is 5. The van der Waals surface area contributed by atoms with Gasteiger partial charge >= 0.3 is 0 Å². The van der Waals surface area contributed by atoms with E-state index in [0.29, 0.717) is 11.1 Å². The summed E-state index contributed by atoms with van der Waals surface area (Å²) < 4.78 is 55.5. The molecule has 0 aliphatic heterocycles. The first kappa shape index (κ1) is 20.6. The van der Waals surface area contributed by atoms with Crippen molar-refractivity contribution in [3.8, 4) is 28.5 Å². The summed E-state index contributed by atoms with van der Waals surface area (Å²) in [6.07, 6.45) is -2.71. The number of nitrogens with one attached hydrogen (secondary N) is 1. The molecule has 0 aliphatic carbocycles. The highest BCUT2D eigenvalue weighted by Crippen LogP contribution is 2.33. The van der Waals surface area contributed by atoms with Gasteiger partial charge in [-0.1, -0.05) is 35.9 Å². The fraction of sp³-hybridized carbons (Fsp3) is 0.0435. The van der Waals surface area contributed by atoms with E-state index >= 15 is 4.39 Å². The summed E-state index contributed by atoms with van der Waals surface area (Å²) in [6, 6.07) is 12.9. The van der Waals surface area contributed by atoms with Crippen LogP contribution < -0.4 is 5.43 Å². The van der Waals surface area contributed by atoms with Gasteiger partial charge in [0.2, 0.25) is 0 Å². The van der Waals surface area contributed by atoms with Crippen molar-refractivity contribution in [3.05, 3.63) is 92.6 Å². The normalized spacial score (nSPS) is 11.1. The predicted octanol–water partition coefficient (Wildman–Crippen LogP) is 6.60. The SMILES string of the molecule is N#Cc1ccc(Cl)c(-c2cc(=O)c3c(F)c(-c4ccc(C(F)F)cc4)c(F)cc3[nH]2)c1. The molecule has 0 unspecified atom stereocenters. The molecule has 1 aromatic heterocycles. The molecule has 4 aromatic rings. The predicted molar refractivity (Wildman–Crippen MR) is 110 cm³/mol. The summed E-state index contributed by atoms with van der Waals surface area (Å²) in [6.45, 7) is 0. The average molecular weight is 443 g/mol. The summed E-state index contributed by atoms with van der Waals surface area (Å²) >= 11 is 6.16. The van der Waals surface area contributed by atoms with Gasteiger partial charge in [0.1, 0.15) is 11.6 Å². The molecule has 3 aromatic carbocycles. The number of hydrogen-bond acceptors (Lipinski definition) is 2. The Morgan fingerprint density at radius 2 is 1.71 bits per heavy atom. The fourth-order valence-corrected chi connectivity index (χ4v) is 3.57. The third-order valence-corrected chi connectivity index (χ3v) is 5.18. The number of hydrogen-bond donors (Lipinski definition) is 1. The third-order valence-electron chi connectivity index (χ3n) is 4.85. The standard InChI is InChI=1S/C23H11ClF4N2O/c24-15-6-1-11(10-29)7-14(15)17-9-19(31)21-18(30-17)8-16(25)20(22(21)26)12-2-4-13(5-3-12)23(27)28/h1-9,23H,(H,30,31). The number of nitriles is 1. The summed E-state index contributed by atoms with van der Waals surface area (Å²) in [4.78, 5) is 15.5. The van der Waals surface area contributed by atoms with E-state index in [1.165, 1.54) is 30.3 Å². The van der Waals surface area contributed by atoms with E-state index < -0.39 is 29.1 Å². The smallest absolute Gasteiger partial charge is 0.263 e. The maximum absolute atomic E-state index is 15.2. The number of aromatic nitrogens is 1. The highest BCUT2D eigenvalue weighted by atomic mass is 35.5. The Morgan fingerprint density at radius 3 is 2.35 bits per heavy atom. The number of aromatic amines is 1. The van der Waals surface area contributed by atoms with Gasteiger partial charge in [-0.25, -0.2) is 17.6 Å². The molecule has 1 N–H and O–H groups in total. The van der Waals surface area contributed by atoms with Crippen LogP contribution in [0.3, 0.4) is 0 Å². The summed E-state index contributed by atoms with van der Waals surface area (Å²) in [7, 11) is 0. The Morgan fingerprint density at radius 1 is 1.00 bits per heavy atom. The highest BCUT2D eigenvalue weighted by Gasteiger charge is 2.20. The van der Waals surface area contributed by atoms with Crippen LogP contribution in [0.4, 0.5) is 17.6 Å². The highest BCUT2D eigenvalue weighted by molar-refractivity contribution is 6.33. The van der Waals surface area contributed by atoms with Gasteiger partial charge in [-0.2, -0.15) is 5.26 Å². The van der Waals surface area contributed by atoms with Gasteiger partial charge < -0.3 is 4.98 Å². The van der Waals surface area contributed by atoms with Gasteiger partial charge in [0.15, 0.2) is 5.43 Å². The van der Waals surface area contributed by atoms with Crippen LogP contribution >= 0.6 is 11.6 Å². The molecule has 0 amide bonds. The second kappa shape index (κ2) is 7.89. The van der Waals surface area contributed by atoms with Crippen molar-refractivity contribution in [2.45, 2.75) is 6.43 Å². The van der Waals surface area contributed by atoms with Crippen LogP contribution in [0, 0.1) is 23.0 Å². The molecular weight excluding hydrogens is 432 g/mol. The lowest BCUT2D eigenvalue weighted by molar-refractivity contribution is 0.151. The van der Waals surface area contributed by atoms with Crippen molar-refractivity contribution in [1.82, 2.24) is 4.98 Å². The van der Waals surface area contributed by atoms with Crippen LogP contribution in [0.5, 0.6) is 0 Å². The summed E-state index contributed by atoms with van der Waals surface area (Å²) in [5.74, 6) is -2.08. The number of fused-ring (bicyclic) bond motifs is 1. The van der Waals surface area contributed by atoms with Crippen LogP contribution in [0.15, 0.2) is 59.4 Å². The Labute approximate surface area is 178 Å². The number of pyridine rings is 1. The molecule has 0 radical (unpaired) electrons. The minimum absolute atomic E-state index is 0.0227. The summed E-state index contributed by atoms with van der Waals surface area (Å²) in [5.41, 5.74) is -0.788. The fourth-order valence-electron chi connectivity index (χ4n) is 3.35. The molecule has 0 saturated heterocycles. The zero-order valence-electron chi connectivity index (χ0n) is 15.5. The quantitative estimate of drug-likeness (QED) is 0.363. The molecule has 0 saturated carbocycles. The molecule has 3 nitrogen and oxygen atoms in total. The summed E-state index contributed by atoms with van der Waals surface area (Å²) in [5, 5.41) is 8.94. The second-order valence-corrected chi connectivity index (χ2v) is 7.15. The number of rotatable bonds is 3. The lowest BCUT2D eigenvalue weighted by Crippen LogP contribution is -2.08. The molecule has 0 bridgehead atoms. The molecular formula is C23H11ClF4N2O. The first-order chi connectivity index (χ1) is 14.8. The number of H-pyrrole nitrogens is 1. The van der Waals surface area contributed by atoms with Gasteiger partial charge in [-0.3, -0.25) is 4.79 Å². The Bertz CT molecular complexity index is 1420. The molecule has 0 fully saturated rings. The molecule has 4 rings (SSSR count). The average Bonchev–Trinajstić information content (AvgIpc) is 2.73. The third kappa shape index (κ3) is 3.66. The second-order valence-electron chi connectivity index (χ2n) is 6.75. The Hall–Kier alpha value is -3.63. The van der Waals surface area contributed by atoms with E-state index in [0.717, 1.165) is 24.3 Å². The van der Waals surface area contributed by atoms with Gasteiger partial charge in [-0.15, -0.1) is 0 Å². The molecule has 0 spiro atoms. The van der Waals surface area contributed by atoms with E-state index in [1.54, 1.807) is 0 Å². The number of nitrogens with zero attached hydrogens (tertiary/aromatic N) is 1. The van der Waals surface area contributed by atoms with E-state index in [1.807, 2.05) is 6.07 Å². The first-order valence-corrected chi connectivity index (χ1v) is 9.31. The van der Waals surface area contributed by atoms with Crippen molar-refractivity contribution in [3.63, 3.8) is 0 Å². The minimum Gasteiger partial charge on any atom is -0.354 e. The van der Waals surface area contributed by atoms with Crippen molar-refractivity contribution in [2.75, 3.05) is 0 Å². The van der Waals surface area contributed by atoms with E-state index in [9.17, 15) is 18.0 Å². The maximum atomic E-state index is 15.2. The van der Waals surface area contributed by atoms with Crippen LogP contribution in [-0.4, -0.2) is 4.98 Å². The first-order valence-electron chi connectivity index (χ1n) is 8.93. The van der Waals surface area contributed by atoms with Gasteiger partial charge in [-0.05, 0) is 29.8 Å². The maximum Gasteiger partial charge on any atom is 0.263 e. The number of benzene rings is 3. The van der Waals surface area contributed by atoms with Crippen molar-refractivity contribution >= 4 is 22.5 Å². The molecule has 31 heavy (non-hydrogen) atoms. The minimum atomic E-state index is -2.71. The van der Waals surface area contributed by atoms with Crippen LogP contribution in [0.1, 0.15) is 17.6 Å². The van der Waals surface area contributed by atoms with Gasteiger partial charge in [0.25, 0.3) is 6.43 Å². The van der Waals surface area contributed by atoms with Crippen molar-refractivity contribution in [1.29, 1.82) is 5.26 Å². The van der Waals surface area contributed by atoms with E-state index in [4.69, 9.17) is 16.9 Å². The lowest BCUT2D eigenvalue weighted by atomic mass is 9.99.